The normalized spacial score (nSPS) is 9.29. The van der Waals surface area contributed by atoms with Gasteiger partial charge in [-0.05, 0) is 18.5 Å². The first kappa shape index (κ1) is 13.4. The van der Waals surface area contributed by atoms with Crippen molar-refractivity contribution in [1.29, 1.82) is 0 Å². The Labute approximate surface area is 96.2 Å². The lowest BCUT2D eigenvalue weighted by Gasteiger charge is -2.01. The van der Waals surface area contributed by atoms with Crippen LogP contribution in [0.25, 0.3) is 0 Å². The van der Waals surface area contributed by atoms with Crippen molar-refractivity contribution in [2.24, 2.45) is 5.73 Å². The highest BCUT2D eigenvalue weighted by Crippen LogP contribution is 2.22. The Hall–Kier alpha value is -0.650. The van der Waals surface area contributed by atoms with Gasteiger partial charge in [-0.2, -0.15) is 0 Å². The molecule has 0 spiro atoms. The van der Waals surface area contributed by atoms with Crippen LogP contribution in [0, 0.1) is 10.1 Å². The fraction of sp³-hybridized carbons (Fsp3) is 0.250. The lowest BCUT2D eigenvalue weighted by atomic mass is 10.1. The van der Waals surface area contributed by atoms with Crippen LogP contribution in [0.3, 0.4) is 0 Å². The molecule has 2 N–H and O–H groups in total. The topological polar surface area (TPSA) is 69.2 Å². The minimum absolute atomic E-state index is 0. The van der Waals surface area contributed by atoms with Crippen LogP contribution in [0.15, 0.2) is 22.7 Å². The van der Waals surface area contributed by atoms with Crippen molar-refractivity contribution in [3.63, 3.8) is 0 Å². The predicted molar refractivity (Wildman–Crippen MR) is 60.8 cm³/mol. The minimum atomic E-state index is -0.420. The third kappa shape index (κ3) is 3.25. The van der Waals surface area contributed by atoms with Crippen LogP contribution in [0.1, 0.15) is 5.56 Å². The molecule has 0 fully saturated rings. The van der Waals surface area contributed by atoms with E-state index >= 15 is 0 Å². The number of hydrogen-bond acceptors (Lipinski definition) is 3. The monoisotopic (exact) mass is 280 g/mol. The van der Waals surface area contributed by atoms with E-state index < -0.39 is 4.92 Å². The Morgan fingerprint density at radius 3 is 2.57 bits per heavy atom. The van der Waals surface area contributed by atoms with Crippen molar-refractivity contribution in [3.05, 3.63) is 38.3 Å². The van der Waals surface area contributed by atoms with E-state index in [4.69, 9.17) is 5.73 Å². The van der Waals surface area contributed by atoms with E-state index in [0.717, 1.165) is 16.5 Å². The first-order valence-electron chi connectivity index (χ1n) is 3.78. The van der Waals surface area contributed by atoms with Gasteiger partial charge in [-0.3, -0.25) is 10.1 Å². The number of halogens is 2. The fourth-order valence-electron chi connectivity index (χ4n) is 1.01. The van der Waals surface area contributed by atoms with Gasteiger partial charge in [-0.15, -0.1) is 12.4 Å². The van der Waals surface area contributed by atoms with Crippen molar-refractivity contribution >= 4 is 34.0 Å². The van der Waals surface area contributed by atoms with Crippen molar-refractivity contribution in [2.45, 2.75) is 6.42 Å². The smallest absolute Gasteiger partial charge is 0.270 e. The summed E-state index contributed by atoms with van der Waals surface area (Å²) in [6.45, 7) is 0.538. The number of nitro groups is 1. The minimum Gasteiger partial charge on any atom is -0.330 e. The molecule has 0 aliphatic carbocycles. The number of nitro benzene ring substituents is 1. The first-order chi connectivity index (χ1) is 6.15. The second-order valence-corrected chi connectivity index (χ2v) is 3.43. The Balaban J connectivity index is 0.00000169. The maximum absolute atomic E-state index is 10.4. The summed E-state index contributed by atoms with van der Waals surface area (Å²) in [7, 11) is 0. The third-order valence-electron chi connectivity index (χ3n) is 1.66. The second kappa shape index (κ2) is 5.95. The summed E-state index contributed by atoms with van der Waals surface area (Å²) in [5.41, 5.74) is 6.46. The molecule has 0 saturated heterocycles. The molecule has 0 bridgehead atoms. The average Bonchev–Trinajstić information content (AvgIpc) is 2.08. The van der Waals surface area contributed by atoms with Crippen LogP contribution in [-0.2, 0) is 6.42 Å². The quantitative estimate of drug-likeness (QED) is 0.682. The summed E-state index contributed by atoms with van der Waals surface area (Å²) in [5.74, 6) is 0. The molecular weight excluding hydrogens is 271 g/mol. The maximum atomic E-state index is 10.4. The van der Waals surface area contributed by atoms with Crippen LogP contribution in [-0.4, -0.2) is 11.5 Å². The Morgan fingerprint density at radius 2 is 2.14 bits per heavy atom. The van der Waals surface area contributed by atoms with Crippen LogP contribution >= 0.6 is 28.3 Å². The maximum Gasteiger partial charge on any atom is 0.270 e. The molecule has 0 aromatic heterocycles. The summed E-state index contributed by atoms with van der Waals surface area (Å²) >= 11 is 3.26. The zero-order valence-corrected chi connectivity index (χ0v) is 9.68. The van der Waals surface area contributed by atoms with E-state index in [2.05, 4.69) is 15.9 Å². The number of benzene rings is 1. The summed E-state index contributed by atoms with van der Waals surface area (Å²) in [6.07, 6.45) is 0.721. The Morgan fingerprint density at radius 1 is 1.50 bits per heavy atom. The van der Waals surface area contributed by atoms with Gasteiger partial charge in [0.15, 0.2) is 0 Å². The summed E-state index contributed by atoms with van der Waals surface area (Å²) in [6, 6.07) is 4.69. The van der Waals surface area contributed by atoms with E-state index in [-0.39, 0.29) is 18.1 Å². The molecule has 4 nitrogen and oxygen atoms in total. The number of non-ortho nitro benzene ring substituents is 1. The standard InChI is InChI=1S/C8H9BrN2O2.ClH/c9-8-5-7(11(12)13)2-1-6(8)3-4-10;/h1-2,5H,3-4,10H2;1H. The second-order valence-electron chi connectivity index (χ2n) is 2.57. The number of hydrogen-bond donors (Lipinski definition) is 1. The van der Waals surface area contributed by atoms with E-state index in [9.17, 15) is 10.1 Å². The van der Waals surface area contributed by atoms with Crippen molar-refractivity contribution < 1.29 is 4.92 Å². The highest BCUT2D eigenvalue weighted by Gasteiger charge is 2.07. The fourth-order valence-corrected chi connectivity index (χ4v) is 1.57. The van der Waals surface area contributed by atoms with Crippen LogP contribution < -0.4 is 5.73 Å². The highest BCUT2D eigenvalue weighted by atomic mass is 79.9. The predicted octanol–water partition coefficient (Wildman–Crippen LogP) is 2.28. The van der Waals surface area contributed by atoms with Crippen molar-refractivity contribution in [1.82, 2.24) is 0 Å². The van der Waals surface area contributed by atoms with Gasteiger partial charge in [0.1, 0.15) is 0 Å². The Bertz CT molecular complexity index is 333. The summed E-state index contributed by atoms with van der Waals surface area (Å²) < 4.78 is 0.743. The van der Waals surface area contributed by atoms with Gasteiger partial charge in [0.05, 0.1) is 4.92 Å². The molecule has 0 saturated carbocycles. The number of rotatable bonds is 3. The molecular formula is C8H10BrClN2O2. The number of nitrogens with zero attached hydrogens (tertiary/aromatic N) is 1. The lowest BCUT2D eigenvalue weighted by Crippen LogP contribution is -2.03. The van der Waals surface area contributed by atoms with Gasteiger partial charge < -0.3 is 5.73 Å². The van der Waals surface area contributed by atoms with Gasteiger partial charge in [-0.1, -0.05) is 22.0 Å². The summed E-state index contributed by atoms with van der Waals surface area (Å²) in [4.78, 5) is 9.96. The van der Waals surface area contributed by atoms with Gasteiger partial charge in [-0.25, -0.2) is 0 Å². The molecule has 0 radical (unpaired) electrons. The lowest BCUT2D eigenvalue weighted by molar-refractivity contribution is -0.384. The molecule has 0 atom stereocenters. The first-order valence-corrected chi connectivity index (χ1v) is 4.57. The molecule has 0 unspecified atom stereocenters. The Kier molecular flexibility index (Phi) is 5.68. The highest BCUT2D eigenvalue weighted by molar-refractivity contribution is 9.10. The van der Waals surface area contributed by atoms with Gasteiger partial charge >= 0.3 is 0 Å². The van der Waals surface area contributed by atoms with E-state index in [1.807, 2.05) is 0 Å². The third-order valence-corrected chi connectivity index (χ3v) is 2.40. The molecule has 0 heterocycles. The zero-order valence-electron chi connectivity index (χ0n) is 7.27. The average molecular weight is 282 g/mol. The van der Waals surface area contributed by atoms with E-state index in [1.54, 1.807) is 6.07 Å². The molecule has 14 heavy (non-hydrogen) atoms. The SMILES string of the molecule is Cl.NCCc1ccc([N+](=O)[O-])cc1Br. The molecule has 0 aliphatic rings. The zero-order chi connectivity index (χ0) is 9.84. The van der Waals surface area contributed by atoms with Gasteiger partial charge in [0.25, 0.3) is 5.69 Å². The van der Waals surface area contributed by atoms with Gasteiger partial charge in [0, 0.05) is 16.6 Å². The number of nitrogens with two attached hydrogens (primary N) is 1. The van der Waals surface area contributed by atoms with Crippen molar-refractivity contribution in [3.8, 4) is 0 Å². The molecule has 0 amide bonds. The van der Waals surface area contributed by atoms with Crippen LogP contribution in [0.2, 0.25) is 0 Å². The van der Waals surface area contributed by atoms with E-state index in [1.165, 1.54) is 12.1 Å². The molecule has 6 heteroatoms. The largest absolute Gasteiger partial charge is 0.330 e. The molecule has 1 rings (SSSR count). The summed E-state index contributed by atoms with van der Waals surface area (Å²) in [5, 5.41) is 10.4. The van der Waals surface area contributed by atoms with Crippen LogP contribution in [0.5, 0.6) is 0 Å². The molecule has 78 valence electrons. The molecule has 0 aliphatic heterocycles. The van der Waals surface area contributed by atoms with Gasteiger partial charge in [0.2, 0.25) is 0 Å². The molecule has 1 aromatic rings. The van der Waals surface area contributed by atoms with E-state index in [0.29, 0.717) is 6.54 Å². The van der Waals surface area contributed by atoms with Crippen molar-refractivity contribution in [2.75, 3.05) is 6.54 Å². The molecule has 1 aromatic carbocycles. The van der Waals surface area contributed by atoms with Crippen LogP contribution in [0.4, 0.5) is 5.69 Å².